The minimum Gasteiger partial charge on any atom is -0.268 e. The molecule has 3 aromatic carbocycles. The molecule has 0 amide bonds. The van der Waals surface area contributed by atoms with Gasteiger partial charge in [0, 0.05) is 17.1 Å². The number of fused-ring (bicyclic) bond motifs is 2. The monoisotopic (exact) mass is 405 g/mol. The van der Waals surface area contributed by atoms with E-state index in [2.05, 4.69) is 31.0 Å². The van der Waals surface area contributed by atoms with E-state index in [1.165, 1.54) is 5.56 Å². The van der Waals surface area contributed by atoms with Crippen molar-refractivity contribution < 1.29 is 0 Å². The van der Waals surface area contributed by atoms with Gasteiger partial charge in [0.05, 0.1) is 22.1 Å². The third-order valence-corrected chi connectivity index (χ3v) is 5.96. The molecule has 2 heterocycles. The molecule has 4 heteroatoms. The zero-order chi connectivity index (χ0) is 21.4. The molecule has 0 radical (unpaired) electrons. The minimum atomic E-state index is -0.0787. The Morgan fingerprint density at radius 2 is 1.61 bits per heavy atom. The predicted molar refractivity (Wildman–Crippen MR) is 127 cm³/mol. The van der Waals surface area contributed by atoms with Gasteiger partial charge in [-0.2, -0.15) is 0 Å². The van der Waals surface area contributed by atoms with Crippen LogP contribution in [0.1, 0.15) is 31.7 Å². The highest BCUT2D eigenvalue weighted by molar-refractivity contribution is 5.85. The van der Waals surface area contributed by atoms with Crippen LogP contribution >= 0.6 is 0 Å². The second-order valence-corrected chi connectivity index (χ2v) is 7.91. The summed E-state index contributed by atoms with van der Waals surface area (Å²) in [4.78, 5) is 23.0. The van der Waals surface area contributed by atoms with Crippen molar-refractivity contribution >= 4 is 21.8 Å². The Labute approximate surface area is 180 Å². The van der Waals surface area contributed by atoms with Crippen LogP contribution in [0.15, 0.2) is 89.9 Å². The van der Waals surface area contributed by atoms with Gasteiger partial charge in [-0.1, -0.05) is 56.3 Å². The van der Waals surface area contributed by atoms with Crippen LogP contribution in [0, 0.1) is 0 Å². The summed E-state index contributed by atoms with van der Waals surface area (Å²) in [6.45, 7) is 4.39. The van der Waals surface area contributed by atoms with Gasteiger partial charge < -0.3 is 0 Å². The Hall–Kier alpha value is -3.79. The number of benzene rings is 3. The SMILES string of the molecule is CCC(C)c1ccc(-n2c(-c3cnc4ccccc4c3)nc3ccccc3c2=O)cc1. The lowest BCUT2D eigenvalue weighted by Gasteiger charge is -2.15. The average Bonchev–Trinajstić information content (AvgIpc) is 2.83. The molecule has 0 N–H and O–H groups in total. The van der Waals surface area contributed by atoms with Crippen molar-refractivity contribution in [3.05, 3.63) is 101 Å². The summed E-state index contributed by atoms with van der Waals surface area (Å²) in [5.41, 5.74) is 4.40. The number of aromatic nitrogens is 3. The lowest BCUT2D eigenvalue weighted by atomic mass is 9.98. The van der Waals surface area contributed by atoms with Gasteiger partial charge in [0.1, 0.15) is 5.82 Å². The molecule has 1 atom stereocenters. The van der Waals surface area contributed by atoms with Crippen LogP contribution in [0.25, 0.3) is 38.9 Å². The lowest BCUT2D eigenvalue weighted by Crippen LogP contribution is -2.22. The van der Waals surface area contributed by atoms with Crippen LogP contribution < -0.4 is 5.56 Å². The fraction of sp³-hybridized carbons (Fsp3) is 0.148. The van der Waals surface area contributed by atoms with E-state index in [0.29, 0.717) is 22.6 Å². The van der Waals surface area contributed by atoms with Gasteiger partial charge in [-0.15, -0.1) is 0 Å². The summed E-state index contributed by atoms with van der Waals surface area (Å²) in [6, 6.07) is 25.7. The van der Waals surface area contributed by atoms with Gasteiger partial charge >= 0.3 is 0 Å². The summed E-state index contributed by atoms with van der Waals surface area (Å²) in [6.07, 6.45) is 2.87. The zero-order valence-corrected chi connectivity index (χ0v) is 17.6. The predicted octanol–water partition coefficient (Wildman–Crippen LogP) is 6.11. The number of nitrogens with zero attached hydrogens (tertiary/aromatic N) is 3. The second kappa shape index (κ2) is 7.80. The normalized spacial score (nSPS) is 12.3. The van der Waals surface area contributed by atoms with Crippen molar-refractivity contribution in [1.29, 1.82) is 0 Å². The molecule has 1 unspecified atom stereocenters. The minimum absolute atomic E-state index is 0.0787. The van der Waals surface area contributed by atoms with E-state index >= 15 is 0 Å². The summed E-state index contributed by atoms with van der Waals surface area (Å²) in [5.74, 6) is 1.07. The lowest BCUT2D eigenvalue weighted by molar-refractivity contribution is 0.733. The maximum atomic E-state index is 13.6. The molecule has 0 spiro atoms. The van der Waals surface area contributed by atoms with Crippen molar-refractivity contribution in [3.8, 4) is 17.1 Å². The van der Waals surface area contributed by atoms with Crippen molar-refractivity contribution in [2.24, 2.45) is 0 Å². The first-order valence-electron chi connectivity index (χ1n) is 10.6. The van der Waals surface area contributed by atoms with Crippen LogP contribution in [0.5, 0.6) is 0 Å². The second-order valence-electron chi connectivity index (χ2n) is 7.91. The quantitative estimate of drug-likeness (QED) is 0.362. The van der Waals surface area contributed by atoms with E-state index in [4.69, 9.17) is 4.98 Å². The molecule has 0 saturated heterocycles. The number of pyridine rings is 1. The summed E-state index contributed by atoms with van der Waals surface area (Å²) < 4.78 is 1.70. The van der Waals surface area contributed by atoms with Crippen molar-refractivity contribution in [2.75, 3.05) is 0 Å². The molecular weight excluding hydrogens is 382 g/mol. The Morgan fingerprint density at radius 1 is 0.903 bits per heavy atom. The number of hydrogen-bond donors (Lipinski definition) is 0. The molecule has 5 rings (SSSR count). The Balaban J connectivity index is 1.78. The van der Waals surface area contributed by atoms with Crippen molar-refractivity contribution in [2.45, 2.75) is 26.2 Å². The van der Waals surface area contributed by atoms with E-state index in [1.54, 1.807) is 10.8 Å². The van der Waals surface area contributed by atoms with Crippen LogP contribution in [0.3, 0.4) is 0 Å². The highest BCUT2D eigenvalue weighted by Crippen LogP contribution is 2.26. The topological polar surface area (TPSA) is 47.8 Å². The standard InChI is InChI=1S/C27H23N3O/c1-3-18(2)19-12-14-22(15-13-19)30-26(29-25-11-7-5-9-23(25)27(30)31)21-16-20-8-4-6-10-24(20)28-17-21/h4-18H,3H2,1-2H3. The molecule has 152 valence electrons. The van der Waals surface area contributed by atoms with E-state index < -0.39 is 0 Å². The molecule has 0 aliphatic carbocycles. The van der Waals surface area contributed by atoms with Crippen LogP contribution in [0.4, 0.5) is 0 Å². The van der Waals surface area contributed by atoms with E-state index in [9.17, 15) is 4.79 Å². The first-order chi connectivity index (χ1) is 15.2. The summed E-state index contributed by atoms with van der Waals surface area (Å²) in [7, 11) is 0. The maximum absolute atomic E-state index is 13.6. The molecule has 0 bridgehead atoms. The smallest absolute Gasteiger partial charge is 0.266 e. The first kappa shape index (κ1) is 19.2. The van der Waals surface area contributed by atoms with Gasteiger partial charge in [-0.05, 0) is 54.3 Å². The fourth-order valence-electron chi connectivity index (χ4n) is 3.95. The van der Waals surface area contributed by atoms with E-state index in [1.807, 2.05) is 66.7 Å². The molecule has 0 aliphatic heterocycles. The average molecular weight is 406 g/mol. The Bertz CT molecular complexity index is 1450. The van der Waals surface area contributed by atoms with Crippen LogP contribution in [0.2, 0.25) is 0 Å². The molecule has 4 nitrogen and oxygen atoms in total. The first-order valence-corrected chi connectivity index (χ1v) is 10.6. The molecular formula is C27H23N3O. The Kier molecular flexibility index (Phi) is 4.83. The highest BCUT2D eigenvalue weighted by atomic mass is 16.1. The largest absolute Gasteiger partial charge is 0.268 e. The maximum Gasteiger partial charge on any atom is 0.266 e. The molecule has 31 heavy (non-hydrogen) atoms. The molecule has 0 saturated carbocycles. The molecule has 5 aromatic rings. The van der Waals surface area contributed by atoms with Crippen LogP contribution in [-0.2, 0) is 0 Å². The summed E-state index contributed by atoms with van der Waals surface area (Å²) in [5, 5.41) is 1.62. The molecule has 0 aliphatic rings. The number of para-hydroxylation sites is 2. The molecule has 2 aromatic heterocycles. The third-order valence-electron chi connectivity index (χ3n) is 5.96. The fourth-order valence-corrected chi connectivity index (χ4v) is 3.95. The van der Waals surface area contributed by atoms with Gasteiger partial charge in [-0.25, -0.2) is 4.98 Å². The van der Waals surface area contributed by atoms with Gasteiger partial charge in [-0.3, -0.25) is 14.3 Å². The van der Waals surface area contributed by atoms with Crippen LogP contribution in [-0.4, -0.2) is 14.5 Å². The third kappa shape index (κ3) is 3.40. The van der Waals surface area contributed by atoms with Gasteiger partial charge in [0.25, 0.3) is 5.56 Å². The number of rotatable bonds is 4. The van der Waals surface area contributed by atoms with E-state index in [-0.39, 0.29) is 5.56 Å². The number of hydrogen-bond acceptors (Lipinski definition) is 3. The van der Waals surface area contributed by atoms with Gasteiger partial charge in [0.2, 0.25) is 0 Å². The van der Waals surface area contributed by atoms with E-state index in [0.717, 1.165) is 28.6 Å². The summed E-state index contributed by atoms with van der Waals surface area (Å²) >= 11 is 0. The highest BCUT2D eigenvalue weighted by Gasteiger charge is 2.15. The zero-order valence-electron chi connectivity index (χ0n) is 17.6. The Morgan fingerprint density at radius 3 is 2.39 bits per heavy atom. The van der Waals surface area contributed by atoms with Crippen molar-refractivity contribution in [3.63, 3.8) is 0 Å². The van der Waals surface area contributed by atoms with Gasteiger partial charge in [0.15, 0.2) is 0 Å². The van der Waals surface area contributed by atoms with Crippen molar-refractivity contribution in [1.82, 2.24) is 14.5 Å². The molecule has 0 fully saturated rings.